The SMILES string of the molecule is Cc1nc(C)nc(-c2cc3cc(F)ccc3[nH]2)n1. The standard InChI is InChI=1S/C13H11FN4/c1-7-15-8(2)17-13(16-7)12-6-9-5-10(14)3-4-11(9)18-12/h3-6,18H,1-2H3. The number of H-pyrrole nitrogens is 1. The van der Waals surface area contributed by atoms with Gasteiger partial charge in [-0.3, -0.25) is 0 Å². The number of benzene rings is 1. The maximum Gasteiger partial charge on any atom is 0.179 e. The normalized spacial score (nSPS) is 11.1. The molecule has 0 aliphatic heterocycles. The predicted octanol–water partition coefficient (Wildman–Crippen LogP) is 2.78. The minimum atomic E-state index is -0.254. The maximum atomic E-state index is 13.1. The Morgan fingerprint density at radius 2 is 1.72 bits per heavy atom. The molecule has 0 bridgehead atoms. The van der Waals surface area contributed by atoms with Crippen LogP contribution in [0.4, 0.5) is 4.39 Å². The second kappa shape index (κ2) is 3.87. The van der Waals surface area contributed by atoms with Gasteiger partial charge in [-0.25, -0.2) is 19.3 Å². The summed E-state index contributed by atoms with van der Waals surface area (Å²) in [7, 11) is 0. The third-order valence-corrected chi connectivity index (χ3v) is 2.68. The van der Waals surface area contributed by atoms with Crippen LogP contribution in [0.5, 0.6) is 0 Å². The predicted molar refractivity (Wildman–Crippen MR) is 66.6 cm³/mol. The van der Waals surface area contributed by atoms with Crippen LogP contribution in [0.1, 0.15) is 11.6 Å². The Balaban J connectivity index is 2.19. The number of nitrogens with zero attached hydrogens (tertiary/aromatic N) is 3. The van der Waals surface area contributed by atoms with E-state index in [0.29, 0.717) is 17.5 Å². The number of aromatic amines is 1. The van der Waals surface area contributed by atoms with Gasteiger partial charge >= 0.3 is 0 Å². The Morgan fingerprint density at radius 1 is 1.00 bits per heavy atom. The van der Waals surface area contributed by atoms with Crippen LogP contribution in [0.15, 0.2) is 24.3 Å². The summed E-state index contributed by atoms with van der Waals surface area (Å²) in [6, 6.07) is 6.45. The van der Waals surface area contributed by atoms with Crippen LogP contribution in [0, 0.1) is 19.7 Å². The fourth-order valence-electron chi connectivity index (χ4n) is 1.96. The molecular formula is C13H11FN4. The first-order valence-electron chi connectivity index (χ1n) is 5.60. The van der Waals surface area contributed by atoms with Crippen molar-refractivity contribution in [2.75, 3.05) is 0 Å². The molecule has 0 amide bonds. The van der Waals surface area contributed by atoms with E-state index >= 15 is 0 Å². The van der Waals surface area contributed by atoms with Crippen molar-refractivity contribution in [3.8, 4) is 11.5 Å². The number of aromatic nitrogens is 4. The average Bonchev–Trinajstić information content (AvgIpc) is 2.70. The number of halogens is 1. The van der Waals surface area contributed by atoms with Crippen LogP contribution < -0.4 is 0 Å². The third kappa shape index (κ3) is 1.84. The van der Waals surface area contributed by atoms with Crippen LogP contribution in [-0.2, 0) is 0 Å². The average molecular weight is 242 g/mol. The molecular weight excluding hydrogens is 231 g/mol. The van der Waals surface area contributed by atoms with E-state index in [0.717, 1.165) is 16.6 Å². The van der Waals surface area contributed by atoms with Gasteiger partial charge in [-0.15, -0.1) is 0 Å². The lowest BCUT2D eigenvalue weighted by Crippen LogP contribution is -1.98. The summed E-state index contributed by atoms with van der Waals surface area (Å²) < 4.78 is 13.1. The van der Waals surface area contributed by atoms with Gasteiger partial charge in [0.05, 0.1) is 5.69 Å². The van der Waals surface area contributed by atoms with Gasteiger partial charge in [0.2, 0.25) is 0 Å². The van der Waals surface area contributed by atoms with Crippen molar-refractivity contribution in [3.63, 3.8) is 0 Å². The first-order valence-corrected chi connectivity index (χ1v) is 5.60. The molecule has 3 aromatic rings. The molecule has 0 unspecified atom stereocenters. The first kappa shape index (κ1) is 10.8. The molecule has 2 heterocycles. The van der Waals surface area contributed by atoms with Gasteiger partial charge < -0.3 is 4.98 Å². The van der Waals surface area contributed by atoms with E-state index in [4.69, 9.17) is 0 Å². The van der Waals surface area contributed by atoms with Crippen molar-refractivity contribution in [3.05, 3.63) is 41.7 Å². The topological polar surface area (TPSA) is 54.5 Å². The quantitative estimate of drug-likeness (QED) is 0.713. The number of hydrogen-bond donors (Lipinski definition) is 1. The molecule has 3 rings (SSSR count). The van der Waals surface area contributed by atoms with Crippen LogP contribution in [0.3, 0.4) is 0 Å². The Bertz CT molecular complexity index is 713. The van der Waals surface area contributed by atoms with E-state index in [1.165, 1.54) is 12.1 Å². The lowest BCUT2D eigenvalue weighted by molar-refractivity contribution is 0.630. The van der Waals surface area contributed by atoms with Gasteiger partial charge in [0, 0.05) is 10.9 Å². The zero-order valence-corrected chi connectivity index (χ0v) is 10.0. The van der Waals surface area contributed by atoms with E-state index in [9.17, 15) is 4.39 Å². The van der Waals surface area contributed by atoms with E-state index < -0.39 is 0 Å². The molecule has 90 valence electrons. The molecule has 2 aromatic heterocycles. The number of nitrogens with one attached hydrogen (secondary N) is 1. The summed E-state index contributed by atoms with van der Waals surface area (Å²) >= 11 is 0. The molecule has 0 fully saturated rings. The molecule has 1 aromatic carbocycles. The smallest absolute Gasteiger partial charge is 0.179 e. The van der Waals surface area contributed by atoms with Crippen LogP contribution in [0.2, 0.25) is 0 Å². The van der Waals surface area contributed by atoms with Crippen molar-refractivity contribution in [2.24, 2.45) is 0 Å². The molecule has 0 aliphatic carbocycles. The summed E-state index contributed by atoms with van der Waals surface area (Å²) in [6.07, 6.45) is 0. The minimum absolute atomic E-state index is 0.254. The summed E-state index contributed by atoms with van der Waals surface area (Å²) in [5.41, 5.74) is 1.63. The summed E-state index contributed by atoms with van der Waals surface area (Å²) in [6.45, 7) is 3.64. The Morgan fingerprint density at radius 3 is 2.44 bits per heavy atom. The lowest BCUT2D eigenvalue weighted by Gasteiger charge is -1.99. The van der Waals surface area contributed by atoms with Gasteiger partial charge in [-0.2, -0.15) is 0 Å². The maximum absolute atomic E-state index is 13.1. The zero-order valence-electron chi connectivity index (χ0n) is 10.0. The second-order valence-electron chi connectivity index (χ2n) is 4.17. The Kier molecular flexibility index (Phi) is 2.33. The largest absolute Gasteiger partial charge is 0.352 e. The minimum Gasteiger partial charge on any atom is -0.352 e. The zero-order chi connectivity index (χ0) is 12.7. The molecule has 0 spiro atoms. The Hall–Kier alpha value is -2.30. The highest BCUT2D eigenvalue weighted by molar-refractivity contribution is 5.84. The van der Waals surface area contributed by atoms with Crippen LogP contribution >= 0.6 is 0 Å². The van der Waals surface area contributed by atoms with Crippen molar-refractivity contribution >= 4 is 10.9 Å². The molecule has 0 saturated carbocycles. The summed E-state index contributed by atoms with van der Waals surface area (Å²) in [5, 5.41) is 0.806. The highest BCUT2D eigenvalue weighted by Gasteiger charge is 2.08. The van der Waals surface area contributed by atoms with Gasteiger partial charge in [0.15, 0.2) is 5.82 Å². The van der Waals surface area contributed by atoms with E-state index in [2.05, 4.69) is 19.9 Å². The van der Waals surface area contributed by atoms with E-state index in [1.807, 2.05) is 19.9 Å². The number of aryl methyl sites for hydroxylation is 2. The molecule has 0 atom stereocenters. The fraction of sp³-hybridized carbons (Fsp3) is 0.154. The molecule has 0 aliphatic rings. The third-order valence-electron chi connectivity index (χ3n) is 2.68. The van der Waals surface area contributed by atoms with E-state index in [1.54, 1.807) is 6.07 Å². The van der Waals surface area contributed by atoms with Crippen LogP contribution in [0.25, 0.3) is 22.4 Å². The molecule has 5 heteroatoms. The molecule has 4 nitrogen and oxygen atoms in total. The number of hydrogen-bond acceptors (Lipinski definition) is 3. The lowest BCUT2D eigenvalue weighted by atomic mass is 10.2. The number of fused-ring (bicyclic) bond motifs is 1. The van der Waals surface area contributed by atoms with Crippen molar-refractivity contribution < 1.29 is 4.39 Å². The monoisotopic (exact) mass is 242 g/mol. The highest BCUT2D eigenvalue weighted by atomic mass is 19.1. The van der Waals surface area contributed by atoms with E-state index in [-0.39, 0.29) is 5.82 Å². The van der Waals surface area contributed by atoms with Crippen molar-refractivity contribution in [1.82, 2.24) is 19.9 Å². The van der Waals surface area contributed by atoms with Gasteiger partial charge in [0.1, 0.15) is 17.5 Å². The van der Waals surface area contributed by atoms with Crippen molar-refractivity contribution in [1.29, 1.82) is 0 Å². The van der Waals surface area contributed by atoms with Gasteiger partial charge in [-0.05, 0) is 38.1 Å². The van der Waals surface area contributed by atoms with Gasteiger partial charge in [0.25, 0.3) is 0 Å². The fourth-order valence-corrected chi connectivity index (χ4v) is 1.96. The van der Waals surface area contributed by atoms with Crippen LogP contribution in [-0.4, -0.2) is 19.9 Å². The Labute approximate surface area is 103 Å². The second-order valence-corrected chi connectivity index (χ2v) is 4.17. The molecule has 0 radical (unpaired) electrons. The van der Waals surface area contributed by atoms with Crippen molar-refractivity contribution in [2.45, 2.75) is 13.8 Å². The molecule has 1 N–H and O–H groups in total. The first-order chi connectivity index (χ1) is 8.61. The summed E-state index contributed by atoms with van der Waals surface area (Å²) in [5.74, 6) is 1.66. The molecule has 18 heavy (non-hydrogen) atoms. The summed E-state index contributed by atoms with van der Waals surface area (Å²) in [4.78, 5) is 15.9. The highest BCUT2D eigenvalue weighted by Crippen LogP contribution is 2.22. The number of rotatable bonds is 1. The van der Waals surface area contributed by atoms with Gasteiger partial charge in [-0.1, -0.05) is 0 Å². The molecule has 0 saturated heterocycles.